The lowest BCUT2D eigenvalue weighted by atomic mass is 10.2. The second kappa shape index (κ2) is 6.77. The summed E-state index contributed by atoms with van der Waals surface area (Å²) in [7, 11) is 0. The lowest BCUT2D eigenvalue weighted by Gasteiger charge is -2.32. The Balaban J connectivity index is 2.55. The van der Waals surface area contributed by atoms with Gasteiger partial charge in [0.2, 0.25) is 5.91 Å². The van der Waals surface area contributed by atoms with Crippen LogP contribution in [0.5, 0.6) is 0 Å². The van der Waals surface area contributed by atoms with Crippen LogP contribution in [0.1, 0.15) is 20.3 Å². The second-order valence-corrected chi connectivity index (χ2v) is 5.26. The Hall–Kier alpha value is -0.730. The van der Waals surface area contributed by atoms with E-state index in [0.29, 0.717) is 13.0 Å². The number of rotatable bonds is 4. The molecule has 1 aliphatic heterocycles. The molecule has 16 heavy (non-hydrogen) atoms. The Morgan fingerprint density at radius 2 is 2.44 bits per heavy atom. The van der Waals surface area contributed by atoms with Crippen LogP contribution in [0.15, 0.2) is 0 Å². The van der Waals surface area contributed by atoms with Gasteiger partial charge in [0, 0.05) is 30.6 Å². The maximum Gasteiger partial charge on any atom is 0.240 e. The van der Waals surface area contributed by atoms with Gasteiger partial charge in [-0.15, -0.1) is 0 Å². The Morgan fingerprint density at radius 1 is 1.69 bits per heavy atom. The number of hydrogen-bond donors (Lipinski definition) is 1. The van der Waals surface area contributed by atoms with E-state index in [4.69, 9.17) is 5.26 Å². The third-order valence-corrected chi connectivity index (χ3v) is 3.65. The van der Waals surface area contributed by atoms with E-state index in [1.807, 2.05) is 25.6 Å². The fourth-order valence-corrected chi connectivity index (χ4v) is 2.64. The molecule has 1 heterocycles. The first-order chi connectivity index (χ1) is 7.66. The van der Waals surface area contributed by atoms with E-state index in [-0.39, 0.29) is 18.0 Å². The van der Waals surface area contributed by atoms with Gasteiger partial charge in [-0.25, -0.2) is 0 Å². The van der Waals surface area contributed by atoms with E-state index >= 15 is 0 Å². The minimum Gasteiger partial charge on any atom is -0.338 e. The standard InChI is InChI=1S/C11H19N3OS/c1-9(2)14(6-3-4-12)11(15)10-8-16-7-5-13-10/h9-10,13H,3,5-8H2,1-2H3. The molecule has 0 saturated carbocycles. The lowest BCUT2D eigenvalue weighted by Crippen LogP contribution is -2.52. The molecule has 1 N–H and O–H groups in total. The number of thioether (sulfide) groups is 1. The highest BCUT2D eigenvalue weighted by atomic mass is 32.2. The third kappa shape index (κ3) is 3.69. The summed E-state index contributed by atoms with van der Waals surface area (Å²) in [5.41, 5.74) is 0. The van der Waals surface area contributed by atoms with Gasteiger partial charge in [-0.05, 0) is 13.8 Å². The first kappa shape index (κ1) is 13.3. The summed E-state index contributed by atoms with van der Waals surface area (Å²) < 4.78 is 0. The zero-order valence-corrected chi connectivity index (χ0v) is 10.7. The summed E-state index contributed by atoms with van der Waals surface area (Å²) >= 11 is 1.81. The number of hydrogen-bond acceptors (Lipinski definition) is 4. The fraction of sp³-hybridized carbons (Fsp3) is 0.818. The van der Waals surface area contributed by atoms with Gasteiger partial charge in [0.1, 0.15) is 0 Å². The van der Waals surface area contributed by atoms with Crippen LogP contribution in [0.3, 0.4) is 0 Å². The van der Waals surface area contributed by atoms with Gasteiger partial charge >= 0.3 is 0 Å². The van der Waals surface area contributed by atoms with Crippen molar-refractivity contribution in [2.75, 3.05) is 24.6 Å². The molecule has 0 spiro atoms. The summed E-state index contributed by atoms with van der Waals surface area (Å²) in [6, 6.07) is 2.18. The lowest BCUT2D eigenvalue weighted by molar-refractivity contribution is -0.134. The quantitative estimate of drug-likeness (QED) is 0.792. The molecule has 0 bridgehead atoms. The largest absolute Gasteiger partial charge is 0.338 e. The van der Waals surface area contributed by atoms with Gasteiger partial charge in [-0.3, -0.25) is 4.79 Å². The summed E-state index contributed by atoms with van der Waals surface area (Å²) in [5.74, 6) is 2.05. The average Bonchev–Trinajstić information content (AvgIpc) is 2.30. The van der Waals surface area contributed by atoms with Crippen molar-refractivity contribution in [1.29, 1.82) is 5.26 Å². The zero-order chi connectivity index (χ0) is 12.0. The van der Waals surface area contributed by atoms with E-state index in [2.05, 4.69) is 11.4 Å². The molecule has 0 aromatic rings. The van der Waals surface area contributed by atoms with Crippen molar-refractivity contribution in [2.24, 2.45) is 0 Å². The normalized spacial score (nSPS) is 20.5. The van der Waals surface area contributed by atoms with Crippen LogP contribution in [0.4, 0.5) is 0 Å². The van der Waals surface area contributed by atoms with Crippen molar-refractivity contribution < 1.29 is 4.79 Å². The van der Waals surface area contributed by atoms with Crippen molar-refractivity contribution in [3.8, 4) is 6.07 Å². The molecule has 1 rings (SSSR count). The molecule has 1 atom stereocenters. The van der Waals surface area contributed by atoms with Crippen molar-refractivity contribution in [3.63, 3.8) is 0 Å². The summed E-state index contributed by atoms with van der Waals surface area (Å²) in [4.78, 5) is 14.0. The van der Waals surface area contributed by atoms with E-state index < -0.39 is 0 Å². The molecular formula is C11H19N3OS. The fourth-order valence-electron chi connectivity index (χ4n) is 1.72. The highest BCUT2D eigenvalue weighted by Crippen LogP contribution is 2.12. The monoisotopic (exact) mass is 241 g/mol. The van der Waals surface area contributed by atoms with E-state index in [1.165, 1.54) is 0 Å². The van der Waals surface area contributed by atoms with Crippen molar-refractivity contribution in [3.05, 3.63) is 0 Å². The maximum atomic E-state index is 12.2. The predicted molar refractivity (Wildman–Crippen MR) is 66.2 cm³/mol. The van der Waals surface area contributed by atoms with Gasteiger partial charge < -0.3 is 10.2 Å². The summed E-state index contributed by atoms with van der Waals surface area (Å²) in [6.45, 7) is 5.41. The Bertz CT molecular complexity index is 269. The molecular weight excluding hydrogens is 222 g/mol. The number of nitrogens with one attached hydrogen (secondary N) is 1. The minimum absolute atomic E-state index is 0.0696. The number of nitrogens with zero attached hydrogens (tertiary/aromatic N) is 2. The van der Waals surface area contributed by atoms with Gasteiger partial charge in [0.05, 0.1) is 18.5 Å². The topological polar surface area (TPSA) is 56.1 Å². The highest BCUT2D eigenvalue weighted by molar-refractivity contribution is 7.99. The first-order valence-electron chi connectivity index (χ1n) is 5.65. The van der Waals surface area contributed by atoms with E-state index in [1.54, 1.807) is 4.90 Å². The molecule has 1 fully saturated rings. The first-order valence-corrected chi connectivity index (χ1v) is 6.81. The molecule has 4 nitrogen and oxygen atoms in total. The van der Waals surface area contributed by atoms with Crippen LogP contribution in [0, 0.1) is 11.3 Å². The smallest absolute Gasteiger partial charge is 0.240 e. The molecule has 5 heteroatoms. The Labute approximate surface area is 101 Å². The number of carbonyl (C=O) groups is 1. The Kier molecular flexibility index (Phi) is 5.64. The summed E-state index contributed by atoms with van der Waals surface area (Å²) in [6.07, 6.45) is 0.407. The van der Waals surface area contributed by atoms with Crippen LogP contribution in [-0.4, -0.2) is 47.5 Å². The van der Waals surface area contributed by atoms with Gasteiger partial charge in [-0.2, -0.15) is 17.0 Å². The molecule has 1 amide bonds. The van der Waals surface area contributed by atoms with Gasteiger partial charge in [0.15, 0.2) is 0 Å². The zero-order valence-electron chi connectivity index (χ0n) is 9.90. The Morgan fingerprint density at radius 3 is 2.94 bits per heavy atom. The molecule has 0 aliphatic carbocycles. The molecule has 1 aliphatic rings. The van der Waals surface area contributed by atoms with Crippen LogP contribution in [-0.2, 0) is 4.79 Å². The molecule has 0 aromatic carbocycles. The highest BCUT2D eigenvalue weighted by Gasteiger charge is 2.27. The number of nitriles is 1. The minimum atomic E-state index is -0.0696. The van der Waals surface area contributed by atoms with Crippen molar-refractivity contribution >= 4 is 17.7 Å². The van der Waals surface area contributed by atoms with Crippen LogP contribution >= 0.6 is 11.8 Å². The van der Waals surface area contributed by atoms with Crippen LogP contribution < -0.4 is 5.32 Å². The predicted octanol–water partition coefficient (Wildman–Crippen LogP) is 0.842. The van der Waals surface area contributed by atoms with E-state index in [0.717, 1.165) is 18.1 Å². The molecule has 0 radical (unpaired) electrons. The van der Waals surface area contributed by atoms with Crippen molar-refractivity contribution in [1.82, 2.24) is 10.2 Å². The van der Waals surface area contributed by atoms with Gasteiger partial charge in [0.25, 0.3) is 0 Å². The van der Waals surface area contributed by atoms with E-state index in [9.17, 15) is 4.79 Å². The summed E-state index contributed by atoms with van der Waals surface area (Å²) in [5, 5.41) is 11.8. The molecule has 90 valence electrons. The average molecular weight is 241 g/mol. The third-order valence-electron chi connectivity index (χ3n) is 2.59. The van der Waals surface area contributed by atoms with Crippen LogP contribution in [0.25, 0.3) is 0 Å². The molecule has 0 aromatic heterocycles. The second-order valence-electron chi connectivity index (χ2n) is 4.12. The van der Waals surface area contributed by atoms with Gasteiger partial charge in [-0.1, -0.05) is 0 Å². The number of amides is 1. The van der Waals surface area contributed by atoms with Crippen LogP contribution in [0.2, 0.25) is 0 Å². The number of carbonyl (C=O) groups excluding carboxylic acids is 1. The maximum absolute atomic E-state index is 12.2. The van der Waals surface area contributed by atoms with Crippen molar-refractivity contribution in [2.45, 2.75) is 32.4 Å². The molecule has 1 saturated heterocycles. The SMILES string of the molecule is CC(C)N(CCC#N)C(=O)C1CSCCN1. The molecule has 1 unspecified atom stereocenters.